The van der Waals surface area contributed by atoms with Crippen molar-refractivity contribution in [1.29, 1.82) is 0 Å². The molecule has 0 aliphatic carbocycles. The summed E-state index contributed by atoms with van der Waals surface area (Å²) in [6.07, 6.45) is 2.22. The molecule has 0 bridgehead atoms. The van der Waals surface area contributed by atoms with Crippen LogP contribution in [0.4, 0.5) is 0 Å². The van der Waals surface area contributed by atoms with Gasteiger partial charge >= 0.3 is 0 Å². The lowest BCUT2D eigenvalue weighted by Gasteiger charge is -2.20. The molecule has 8 heavy (non-hydrogen) atoms. The Morgan fingerprint density at radius 2 is 2.00 bits per heavy atom. The van der Waals surface area contributed by atoms with Gasteiger partial charge < -0.3 is 4.90 Å². The van der Waals surface area contributed by atoms with Crippen LogP contribution in [0.3, 0.4) is 0 Å². The molecule has 49 valence electrons. The number of nitrogens with zero attached hydrogens (tertiary/aromatic N) is 1. The van der Waals surface area contributed by atoms with Crippen LogP contribution in [0.15, 0.2) is 0 Å². The van der Waals surface area contributed by atoms with Crippen LogP contribution in [-0.2, 0) is 0 Å². The molecule has 0 heterocycles. The molecule has 0 N–H and O–H groups in total. The first kappa shape index (κ1) is 7.96. The molecular formula is C7H16N. The fourth-order valence-corrected chi connectivity index (χ4v) is 0.827. The van der Waals surface area contributed by atoms with E-state index in [2.05, 4.69) is 32.8 Å². The Morgan fingerprint density at radius 3 is 2.00 bits per heavy atom. The van der Waals surface area contributed by atoms with Crippen molar-refractivity contribution in [3.8, 4) is 0 Å². The molecule has 1 heteroatoms. The average Bonchev–Trinajstić information content (AvgIpc) is 1.69. The summed E-state index contributed by atoms with van der Waals surface area (Å²) in [5.41, 5.74) is 0. The number of hydrogen-bond acceptors (Lipinski definition) is 1. The zero-order chi connectivity index (χ0) is 6.57. The van der Waals surface area contributed by atoms with Gasteiger partial charge in [-0.15, -0.1) is 0 Å². The number of hydrogen-bond donors (Lipinski definition) is 0. The van der Waals surface area contributed by atoms with Crippen molar-refractivity contribution in [2.75, 3.05) is 14.1 Å². The Labute approximate surface area is 52.7 Å². The zero-order valence-electron chi connectivity index (χ0n) is 6.15. The molecule has 0 amide bonds. The van der Waals surface area contributed by atoms with E-state index < -0.39 is 0 Å². The maximum atomic E-state index is 3.84. The van der Waals surface area contributed by atoms with Gasteiger partial charge in [-0.25, -0.2) is 0 Å². The quantitative estimate of drug-likeness (QED) is 0.538. The van der Waals surface area contributed by atoms with Crippen molar-refractivity contribution in [3.63, 3.8) is 0 Å². The lowest BCUT2D eigenvalue weighted by atomic mass is 10.1. The van der Waals surface area contributed by atoms with Crippen LogP contribution in [0.1, 0.15) is 19.8 Å². The molecule has 0 saturated carbocycles. The summed E-state index contributed by atoms with van der Waals surface area (Å²) in [6.45, 7) is 6.03. The van der Waals surface area contributed by atoms with E-state index in [4.69, 9.17) is 0 Å². The van der Waals surface area contributed by atoms with Crippen molar-refractivity contribution in [2.45, 2.75) is 25.8 Å². The highest BCUT2D eigenvalue weighted by Crippen LogP contribution is 2.01. The fourth-order valence-electron chi connectivity index (χ4n) is 0.827. The predicted molar refractivity (Wildman–Crippen MR) is 37.7 cm³/mol. The van der Waals surface area contributed by atoms with E-state index in [0.717, 1.165) is 6.42 Å². The highest BCUT2D eigenvalue weighted by Gasteiger charge is 2.02. The zero-order valence-corrected chi connectivity index (χ0v) is 6.15. The van der Waals surface area contributed by atoms with Gasteiger partial charge in [0.1, 0.15) is 0 Å². The summed E-state index contributed by atoms with van der Waals surface area (Å²) in [5, 5.41) is 0. The summed E-state index contributed by atoms with van der Waals surface area (Å²) in [4.78, 5) is 2.22. The summed E-state index contributed by atoms with van der Waals surface area (Å²) in [5.74, 6) is 0. The molecule has 1 radical (unpaired) electrons. The first-order valence-electron chi connectivity index (χ1n) is 3.18. The second-order valence-electron chi connectivity index (χ2n) is 2.31. The van der Waals surface area contributed by atoms with E-state index in [-0.39, 0.29) is 0 Å². The van der Waals surface area contributed by atoms with E-state index in [0.29, 0.717) is 6.04 Å². The first-order valence-corrected chi connectivity index (χ1v) is 3.18. The van der Waals surface area contributed by atoms with Gasteiger partial charge in [0.25, 0.3) is 0 Å². The van der Waals surface area contributed by atoms with Crippen LogP contribution in [0.5, 0.6) is 0 Å². The largest absolute Gasteiger partial charge is 0.306 e. The SMILES string of the molecule is [CH2]CC(CC)N(C)C. The van der Waals surface area contributed by atoms with Crippen molar-refractivity contribution in [2.24, 2.45) is 0 Å². The van der Waals surface area contributed by atoms with Crippen LogP contribution in [-0.4, -0.2) is 25.0 Å². The minimum absolute atomic E-state index is 0.676. The minimum Gasteiger partial charge on any atom is -0.306 e. The van der Waals surface area contributed by atoms with Gasteiger partial charge in [0.15, 0.2) is 0 Å². The average molecular weight is 114 g/mol. The van der Waals surface area contributed by atoms with Crippen LogP contribution in [0.25, 0.3) is 0 Å². The van der Waals surface area contributed by atoms with Crippen molar-refractivity contribution in [1.82, 2.24) is 4.90 Å². The van der Waals surface area contributed by atoms with Gasteiger partial charge in [-0.2, -0.15) is 0 Å². The van der Waals surface area contributed by atoms with E-state index in [1.165, 1.54) is 6.42 Å². The third-order valence-corrected chi connectivity index (χ3v) is 1.53. The van der Waals surface area contributed by atoms with Gasteiger partial charge in [0.2, 0.25) is 0 Å². The Morgan fingerprint density at radius 1 is 1.50 bits per heavy atom. The highest BCUT2D eigenvalue weighted by molar-refractivity contribution is 4.63. The van der Waals surface area contributed by atoms with Gasteiger partial charge in [0, 0.05) is 6.04 Å². The topological polar surface area (TPSA) is 3.24 Å². The Hall–Kier alpha value is -0.0400. The summed E-state index contributed by atoms with van der Waals surface area (Å²) >= 11 is 0. The monoisotopic (exact) mass is 114 g/mol. The maximum absolute atomic E-state index is 3.84. The Kier molecular flexibility index (Phi) is 3.88. The third-order valence-electron chi connectivity index (χ3n) is 1.53. The molecule has 0 spiro atoms. The van der Waals surface area contributed by atoms with E-state index in [1.807, 2.05) is 0 Å². The minimum atomic E-state index is 0.676. The molecule has 0 aliphatic heterocycles. The van der Waals surface area contributed by atoms with Gasteiger partial charge in [-0.3, -0.25) is 0 Å². The van der Waals surface area contributed by atoms with E-state index in [9.17, 15) is 0 Å². The van der Waals surface area contributed by atoms with E-state index >= 15 is 0 Å². The normalized spacial score (nSPS) is 11.2. The lowest BCUT2D eigenvalue weighted by molar-refractivity contribution is 0.287. The van der Waals surface area contributed by atoms with Crippen LogP contribution >= 0.6 is 0 Å². The molecule has 0 rings (SSSR count). The van der Waals surface area contributed by atoms with Gasteiger partial charge in [0.05, 0.1) is 0 Å². The summed E-state index contributed by atoms with van der Waals surface area (Å²) in [6, 6.07) is 0.676. The third kappa shape index (κ3) is 2.31. The Bertz CT molecular complexity index is 46.3. The van der Waals surface area contributed by atoms with Crippen LogP contribution < -0.4 is 0 Å². The molecule has 1 atom stereocenters. The smallest absolute Gasteiger partial charge is 0.00865 e. The molecule has 0 saturated heterocycles. The standard InChI is InChI=1S/C7H16N/c1-5-7(6-2)8(3)4/h7H,1,5-6H2,2-4H3. The summed E-state index contributed by atoms with van der Waals surface area (Å²) < 4.78 is 0. The van der Waals surface area contributed by atoms with Crippen molar-refractivity contribution < 1.29 is 0 Å². The fraction of sp³-hybridized carbons (Fsp3) is 0.857. The summed E-state index contributed by atoms with van der Waals surface area (Å²) in [7, 11) is 4.19. The van der Waals surface area contributed by atoms with Crippen molar-refractivity contribution >= 4 is 0 Å². The predicted octanol–water partition coefficient (Wildman–Crippen LogP) is 1.55. The maximum Gasteiger partial charge on any atom is 0.00865 e. The first-order chi connectivity index (χ1) is 3.72. The molecule has 0 fully saturated rings. The lowest BCUT2D eigenvalue weighted by Crippen LogP contribution is -2.25. The molecular weight excluding hydrogens is 98.1 g/mol. The molecule has 0 aromatic heterocycles. The van der Waals surface area contributed by atoms with Gasteiger partial charge in [-0.05, 0) is 26.9 Å². The highest BCUT2D eigenvalue weighted by atomic mass is 15.1. The molecule has 1 unspecified atom stereocenters. The van der Waals surface area contributed by atoms with Crippen LogP contribution in [0, 0.1) is 6.92 Å². The van der Waals surface area contributed by atoms with E-state index in [1.54, 1.807) is 0 Å². The second-order valence-corrected chi connectivity index (χ2v) is 2.31. The van der Waals surface area contributed by atoms with Gasteiger partial charge in [-0.1, -0.05) is 13.8 Å². The second kappa shape index (κ2) is 3.90. The molecule has 1 nitrogen and oxygen atoms in total. The van der Waals surface area contributed by atoms with Crippen molar-refractivity contribution in [3.05, 3.63) is 6.92 Å². The molecule has 0 aromatic rings. The molecule has 0 aliphatic rings. The molecule has 0 aromatic carbocycles. The Balaban J connectivity index is 3.35. The van der Waals surface area contributed by atoms with Crippen LogP contribution in [0.2, 0.25) is 0 Å². The number of rotatable bonds is 3.